The zero-order valence-electron chi connectivity index (χ0n) is 8.09. The maximum atomic E-state index is 5.32. The molecule has 0 radical (unpaired) electrons. The molecule has 1 aliphatic heterocycles. The highest BCUT2D eigenvalue weighted by atomic mass is 32.1. The van der Waals surface area contributed by atoms with Gasteiger partial charge in [-0.15, -0.1) is 11.3 Å². The van der Waals surface area contributed by atoms with Gasteiger partial charge in [-0.05, 0) is 0 Å². The molecule has 15 heavy (non-hydrogen) atoms. The van der Waals surface area contributed by atoms with E-state index in [1.54, 1.807) is 17.7 Å². The smallest absolute Gasteiger partial charge is 0.175 e. The van der Waals surface area contributed by atoms with Gasteiger partial charge in [0.25, 0.3) is 0 Å². The fourth-order valence-electron chi connectivity index (χ4n) is 1.68. The lowest BCUT2D eigenvalue weighted by atomic mass is 10.4. The van der Waals surface area contributed by atoms with E-state index in [0.717, 1.165) is 42.5 Å². The van der Waals surface area contributed by atoms with Crippen LogP contribution >= 0.6 is 11.3 Å². The highest BCUT2D eigenvalue weighted by molar-refractivity contribution is 7.17. The minimum absolute atomic E-state index is 0.768. The number of fused-ring (bicyclic) bond motifs is 1. The molecular weight excluding hydrogens is 212 g/mol. The Morgan fingerprint density at radius 1 is 1.20 bits per heavy atom. The fraction of sp³-hybridized carbons (Fsp3) is 0.444. The number of thiazole rings is 1. The van der Waals surface area contributed by atoms with E-state index in [-0.39, 0.29) is 0 Å². The Bertz CT molecular complexity index is 466. The van der Waals surface area contributed by atoms with Crippen molar-refractivity contribution >= 4 is 27.5 Å². The maximum Gasteiger partial charge on any atom is 0.175 e. The van der Waals surface area contributed by atoms with Gasteiger partial charge >= 0.3 is 0 Å². The molecule has 78 valence electrons. The van der Waals surface area contributed by atoms with Gasteiger partial charge in [-0.25, -0.2) is 15.0 Å². The van der Waals surface area contributed by atoms with Crippen LogP contribution in [0, 0.1) is 0 Å². The van der Waals surface area contributed by atoms with E-state index in [2.05, 4.69) is 19.9 Å². The van der Waals surface area contributed by atoms with Crippen molar-refractivity contribution in [2.45, 2.75) is 0 Å². The molecule has 0 aliphatic carbocycles. The number of nitrogens with zero attached hydrogens (tertiary/aromatic N) is 4. The molecular formula is C9H10N4OS. The summed E-state index contributed by atoms with van der Waals surface area (Å²) in [4.78, 5) is 14.9. The fourth-order valence-corrected chi connectivity index (χ4v) is 2.44. The molecule has 2 aromatic heterocycles. The summed E-state index contributed by atoms with van der Waals surface area (Å²) in [5.74, 6) is 0.991. The Morgan fingerprint density at radius 3 is 2.93 bits per heavy atom. The molecule has 0 aromatic carbocycles. The predicted octanol–water partition coefficient (Wildman–Crippen LogP) is 0.923. The molecule has 0 unspecified atom stereocenters. The Labute approximate surface area is 90.7 Å². The van der Waals surface area contributed by atoms with Crippen molar-refractivity contribution in [2.75, 3.05) is 31.2 Å². The number of morpholine rings is 1. The number of ether oxygens (including phenoxy) is 1. The first-order valence-electron chi connectivity index (χ1n) is 4.82. The van der Waals surface area contributed by atoms with E-state index in [1.807, 2.05) is 5.51 Å². The molecule has 0 amide bonds. The molecule has 6 heteroatoms. The summed E-state index contributed by atoms with van der Waals surface area (Å²) >= 11 is 1.59. The minimum Gasteiger partial charge on any atom is -0.378 e. The second-order valence-electron chi connectivity index (χ2n) is 3.30. The summed E-state index contributed by atoms with van der Waals surface area (Å²) in [7, 11) is 0. The first-order valence-corrected chi connectivity index (χ1v) is 5.70. The van der Waals surface area contributed by atoms with Crippen molar-refractivity contribution in [1.29, 1.82) is 0 Å². The van der Waals surface area contributed by atoms with Gasteiger partial charge in [-0.2, -0.15) is 0 Å². The SMILES string of the molecule is c1nc(N2CCOCC2)c2scnc2n1. The lowest BCUT2D eigenvalue weighted by molar-refractivity contribution is 0.122. The van der Waals surface area contributed by atoms with Crippen molar-refractivity contribution < 1.29 is 4.74 Å². The van der Waals surface area contributed by atoms with Crippen molar-refractivity contribution in [2.24, 2.45) is 0 Å². The summed E-state index contributed by atoms with van der Waals surface area (Å²) in [6.07, 6.45) is 1.58. The number of rotatable bonds is 1. The molecule has 1 saturated heterocycles. The third kappa shape index (κ3) is 1.55. The van der Waals surface area contributed by atoms with E-state index >= 15 is 0 Å². The van der Waals surface area contributed by atoms with Crippen LogP contribution in [0.15, 0.2) is 11.8 Å². The molecule has 0 atom stereocenters. The monoisotopic (exact) mass is 222 g/mol. The Hall–Kier alpha value is -1.27. The summed E-state index contributed by atoms with van der Waals surface area (Å²) in [5, 5.41) is 0. The zero-order valence-corrected chi connectivity index (χ0v) is 8.90. The predicted molar refractivity (Wildman–Crippen MR) is 58.2 cm³/mol. The van der Waals surface area contributed by atoms with Gasteiger partial charge in [0.1, 0.15) is 11.0 Å². The Balaban J connectivity index is 2.05. The standard InChI is InChI=1S/C9H10N4OS/c1-3-14-4-2-13(1)9-7-8(10-5-11-9)12-6-15-7/h5-6H,1-4H2. The van der Waals surface area contributed by atoms with Crippen molar-refractivity contribution in [3.63, 3.8) is 0 Å². The molecule has 1 fully saturated rings. The zero-order chi connectivity index (χ0) is 10.1. The second kappa shape index (κ2) is 3.71. The lowest BCUT2D eigenvalue weighted by Crippen LogP contribution is -2.36. The third-order valence-electron chi connectivity index (χ3n) is 2.42. The van der Waals surface area contributed by atoms with Crippen LogP contribution in [-0.2, 0) is 4.74 Å². The third-order valence-corrected chi connectivity index (χ3v) is 3.23. The molecule has 0 bridgehead atoms. The largest absolute Gasteiger partial charge is 0.378 e. The summed E-state index contributed by atoms with van der Waals surface area (Å²) in [6.45, 7) is 3.32. The van der Waals surface area contributed by atoms with Gasteiger partial charge in [0.05, 0.1) is 18.7 Å². The molecule has 0 N–H and O–H groups in total. The van der Waals surface area contributed by atoms with Crippen LogP contribution in [0.3, 0.4) is 0 Å². The number of hydrogen-bond donors (Lipinski definition) is 0. The summed E-state index contributed by atoms with van der Waals surface area (Å²) in [6, 6.07) is 0. The lowest BCUT2D eigenvalue weighted by Gasteiger charge is -2.27. The highest BCUT2D eigenvalue weighted by Gasteiger charge is 2.16. The average Bonchev–Trinajstić information content (AvgIpc) is 2.78. The van der Waals surface area contributed by atoms with Gasteiger partial charge in [0.2, 0.25) is 0 Å². The van der Waals surface area contributed by atoms with Gasteiger partial charge in [-0.3, -0.25) is 0 Å². The average molecular weight is 222 g/mol. The van der Waals surface area contributed by atoms with Crippen molar-refractivity contribution in [3.8, 4) is 0 Å². The maximum absolute atomic E-state index is 5.32. The normalized spacial score (nSPS) is 17.2. The van der Waals surface area contributed by atoms with E-state index < -0.39 is 0 Å². The molecule has 1 aliphatic rings. The van der Waals surface area contributed by atoms with E-state index in [0.29, 0.717) is 0 Å². The molecule has 0 saturated carbocycles. The Kier molecular flexibility index (Phi) is 2.22. The Morgan fingerprint density at radius 2 is 2.07 bits per heavy atom. The summed E-state index contributed by atoms with van der Waals surface area (Å²) in [5.41, 5.74) is 2.60. The van der Waals surface area contributed by atoms with Gasteiger partial charge in [0.15, 0.2) is 11.5 Å². The number of aromatic nitrogens is 3. The number of hydrogen-bond acceptors (Lipinski definition) is 6. The second-order valence-corrected chi connectivity index (χ2v) is 4.16. The van der Waals surface area contributed by atoms with Crippen LogP contribution in [0.1, 0.15) is 0 Å². The topological polar surface area (TPSA) is 51.1 Å². The quantitative estimate of drug-likeness (QED) is 0.718. The van der Waals surface area contributed by atoms with E-state index in [9.17, 15) is 0 Å². The van der Waals surface area contributed by atoms with Crippen LogP contribution in [0.25, 0.3) is 10.3 Å². The molecule has 3 heterocycles. The van der Waals surface area contributed by atoms with E-state index in [1.165, 1.54) is 0 Å². The molecule has 0 spiro atoms. The van der Waals surface area contributed by atoms with Crippen molar-refractivity contribution in [3.05, 3.63) is 11.8 Å². The van der Waals surface area contributed by atoms with E-state index in [4.69, 9.17) is 4.74 Å². The highest BCUT2D eigenvalue weighted by Crippen LogP contribution is 2.26. The number of anilines is 1. The first-order chi connectivity index (χ1) is 7.45. The van der Waals surface area contributed by atoms with Crippen LogP contribution in [-0.4, -0.2) is 41.3 Å². The van der Waals surface area contributed by atoms with Gasteiger partial charge < -0.3 is 9.64 Å². The molecule has 3 rings (SSSR count). The summed E-state index contributed by atoms with van der Waals surface area (Å²) < 4.78 is 6.39. The molecule has 5 nitrogen and oxygen atoms in total. The van der Waals surface area contributed by atoms with Crippen LogP contribution in [0.5, 0.6) is 0 Å². The van der Waals surface area contributed by atoms with Gasteiger partial charge in [-0.1, -0.05) is 0 Å². The van der Waals surface area contributed by atoms with Crippen molar-refractivity contribution in [1.82, 2.24) is 15.0 Å². The first kappa shape index (κ1) is 8.99. The molecule has 2 aromatic rings. The van der Waals surface area contributed by atoms with Gasteiger partial charge in [0, 0.05) is 13.1 Å². The minimum atomic E-state index is 0.768. The van der Waals surface area contributed by atoms with Crippen LogP contribution in [0.4, 0.5) is 5.82 Å². The van der Waals surface area contributed by atoms with Crippen LogP contribution < -0.4 is 4.90 Å². The van der Waals surface area contributed by atoms with Crippen LogP contribution in [0.2, 0.25) is 0 Å².